The summed E-state index contributed by atoms with van der Waals surface area (Å²) in [6.07, 6.45) is 0. The Morgan fingerprint density at radius 3 is 1.67 bits per heavy atom. The molecule has 0 bridgehead atoms. The SMILES string of the molecule is c1ccc(-c2ccc(-n3c4ccccc4c4ccc(N(c5ccc6ccccc6c5)c5ccccc5-c5ccccc5)cc43)c(-c3ccccc3)c2)cc1. The highest BCUT2D eigenvalue weighted by atomic mass is 15.1. The molecule has 0 fully saturated rings. The van der Waals surface area contributed by atoms with Crippen molar-refractivity contribution in [3.8, 4) is 39.1 Å². The first-order valence-electron chi connectivity index (χ1n) is 18.5. The van der Waals surface area contributed by atoms with Gasteiger partial charge in [0.05, 0.1) is 22.4 Å². The summed E-state index contributed by atoms with van der Waals surface area (Å²) in [5, 5.41) is 4.88. The first kappa shape index (κ1) is 31.6. The Morgan fingerprint density at radius 1 is 0.315 bits per heavy atom. The molecule has 0 aliphatic rings. The van der Waals surface area contributed by atoms with Gasteiger partial charge in [0.1, 0.15) is 0 Å². The van der Waals surface area contributed by atoms with E-state index in [1.807, 2.05) is 0 Å². The second kappa shape index (κ2) is 13.4. The Balaban J connectivity index is 1.25. The van der Waals surface area contributed by atoms with Crippen LogP contribution in [0.2, 0.25) is 0 Å². The van der Waals surface area contributed by atoms with Gasteiger partial charge in [0.2, 0.25) is 0 Å². The molecule has 0 saturated heterocycles. The van der Waals surface area contributed by atoms with Gasteiger partial charge in [-0.15, -0.1) is 0 Å². The van der Waals surface area contributed by atoms with Gasteiger partial charge in [-0.3, -0.25) is 0 Å². The van der Waals surface area contributed by atoms with Gasteiger partial charge in [-0.25, -0.2) is 0 Å². The fourth-order valence-corrected chi connectivity index (χ4v) is 8.02. The molecule has 9 aromatic carbocycles. The van der Waals surface area contributed by atoms with Crippen molar-refractivity contribution >= 4 is 49.6 Å². The molecule has 0 radical (unpaired) electrons. The molecule has 54 heavy (non-hydrogen) atoms. The Kier molecular flexibility index (Phi) is 7.85. The Hall–Kier alpha value is -7.16. The van der Waals surface area contributed by atoms with Crippen molar-refractivity contribution in [2.75, 3.05) is 4.90 Å². The normalized spacial score (nSPS) is 11.3. The van der Waals surface area contributed by atoms with Crippen LogP contribution in [0.25, 0.3) is 71.6 Å². The molecule has 0 N–H and O–H groups in total. The molecule has 0 spiro atoms. The van der Waals surface area contributed by atoms with E-state index < -0.39 is 0 Å². The van der Waals surface area contributed by atoms with Crippen LogP contribution in [0.1, 0.15) is 0 Å². The van der Waals surface area contributed by atoms with Crippen molar-refractivity contribution in [2.24, 2.45) is 0 Å². The molecular formula is C52H36N2. The summed E-state index contributed by atoms with van der Waals surface area (Å²) in [6, 6.07) is 79.0. The lowest BCUT2D eigenvalue weighted by atomic mass is 9.97. The monoisotopic (exact) mass is 688 g/mol. The zero-order valence-electron chi connectivity index (χ0n) is 29.7. The van der Waals surface area contributed by atoms with E-state index in [0.717, 1.165) is 28.3 Å². The van der Waals surface area contributed by atoms with Gasteiger partial charge in [0.25, 0.3) is 0 Å². The van der Waals surface area contributed by atoms with Crippen molar-refractivity contribution < 1.29 is 0 Å². The van der Waals surface area contributed by atoms with Crippen molar-refractivity contribution in [3.05, 3.63) is 218 Å². The second-order valence-electron chi connectivity index (χ2n) is 13.8. The maximum atomic E-state index is 2.47. The highest BCUT2D eigenvalue weighted by molar-refractivity contribution is 6.11. The molecule has 0 aliphatic heterocycles. The maximum absolute atomic E-state index is 2.47. The fraction of sp³-hybridized carbons (Fsp3) is 0. The number of hydrogen-bond acceptors (Lipinski definition) is 1. The lowest BCUT2D eigenvalue weighted by molar-refractivity contribution is 1.18. The van der Waals surface area contributed by atoms with Crippen LogP contribution < -0.4 is 4.90 Å². The predicted octanol–water partition coefficient (Wildman–Crippen LogP) is 14.4. The fourth-order valence-electron chi connectivity index (χ4n) is 8.02. The van der Waals surface area contributed by atoms with Crippen LogP contribution in [0.3, 0.4) is 0 Å². The minimum atomic E-state index is 1.09. The highest BCUT2D eigenvalue weighted by Crippen LogP contribution is 2.44. The van der Waals surface area contributed by atoms with Crippen LogP contribution in [0, 0.1) is 0 Å². The van der Waals surface area contributed by atoms with E-state index in [4.69, 9.17) is 0 Å². The number of nitrogens with zero attached hydrogens (tertiary/aromatic N) is 2. The van der Waals surface area contributed by atoms with Gasteiger partial charge in [0, 0.05) is 33.3 Å². The van der Waals surface area contributed by atoms with Crippen LogP contribution in [0.4, 0.5) is 17.1 Å². The summed E-state index contributed by atoms with van der Waals surface area (Å²) in [7, 11) is 0. The molecule has 10 rings (SSSR count). The average molecular weight is 689 g/mol. The number of para-hydroxylation sites is 2. The van der Waals surface area contributed by atoms with Gasteiger partial charge in [0.15, 0.2) is 0 Å². The summed E-state index contributed by atoms with van der Waals surface area (Å²) in [4.78, 5) is 2.42. The van der Waals surface area contributed by atoms with Crippen molar-refractivity contribution in [1.82, 2.24) is 4.57 Å². The van der Waals surface area contributed by atoms with Gasteiger partial charge < -0.3 is 9.47 Å². The third-order valence-electron chi connectivity index (χ3n) is 10.6. The molecule has 10 aromatic rings. The molecule has 0 atom stereocenters. The summed E-state index contributed by atoms with van der Waals surface area (Å²) in [6.45, 7) is 0. The van der Waals surface area contributed by atoms with Crippen molar-refractivity contribution in [1.29, 1.82) is 0 Å². The standard InChI is InChI=1S/C52H36N2/c1-4-16-37(17-5-1)42-29-33-51(48(35-42)40-21-8-3-9-22-40)54-50-27-15-13-25-46(50)47-32-31-44(36-52(47)54)53(43-30-28-38-18-10-11-23-41(38)34-43)49-26-14-12-24-45(49)39-19-6-2-7-20-39/h1-36H. The molecule has 254 valence electrons. The number of aromatic nitrogens is 1. The van der Waals surface area contributed by atoms with Crippen LogP contribution in [0.5, 0.6) is 0 Å². The number of rotatable bonds is 7. The van der Waals surface area contributed by atoms with E-state index in [1.54, 1.807) is 0 Å². The van der Waals surface area contributed by atoms with Crippen LogP contribution >= 0.6 is 0 Å². The van der Waals surface area contributed by atoms with E-state index >= 15 is 0 Å². The third kappa shape index (κ3) is 5.53. The molecule has 2 nitrogen and oxygen atoms in total. The highest BCUT2D eigenvalue weighted by Gasteiger charge is 2.21. The molecule has 0 unspecified atom stereocenters. The minimum Gasteiger partial charge on any atom is -0.310 e. The average Bonchev–Trinajstić information content (AvgIpc) is 3.58. The summed E-state index contributed by atoms with van der Waals surface area (Å²) in [5.41, 5.74) is 13.9. The van der Waals surface area contributed by atoms with Gasteiger partial charge in [-0.2, -0.15) is 0 Å². The van der Waals surface area contributed by atoms with Gasteiger partial charge >= 0.3 is 0 Å². The smallest absolute Gasteiger partial charge is 0.0562 e. The van der Waals surface area contributed by atoms with E-state index in [0.29, 0.717) is 0 Å². The third-order valence-corrected chi connectivity index (χ3v) is 10.6. The van der Waals surface area contributed by atoms with Crippen LogP contribution in [-0.2, 0) is 0 Å². The lowest BCUT2D eigenvalue weighted by Crippen LogP contribution is -2.11. The van der Waals surface area contributed by atoms with Gasteiger partial charge in [-0.1, -0.05) is 170 Å². The molecule has 2 heteroatoms. The second-order valence-corrected chi connectivity index (χ2v) is 13.8. The molecule has 0 amide bonds. The number of benzene rings is 9. The van der Waals surface area contributed by atoms with Crippen molar-refractivity contribution in [2.45, 2.75) is 0 Å². The Labute approximate surface area is 315 Å². The lowest BCUT2D eigenvalue weighted by Gasteiger charge is -2.28. The molecule has 0 aliphatic carbocycles. The van der Waals surface area contributed by atoms with Crippen LogP contribution in [-0.4, -0.2) is 4.57 Å². The number of anilines is 3. The van der Waals surface area contributed by atoms with E-state index in [2.05, 4.69) is 228 Å². The van der Waals surface area contributed by atoms with E-state index in [-0.39, 0.29) is 0 Å². The van der Waals surface area contributed by atoms with Crippen molar-refractivity contribution in [3.63, 3.8) is 0 Å². The zero-order chi connectivity index (χ0) is 35.8. The quantitative estimate of drug-likeness (QED) is 0.162. The maximum Gasteiger partial charge on any atom is 0.0562 e. The Bertz CT molecular complexity index is 2930. The topological polar surface area (TPSA) is 8.17 Å². The minimum absolute atomic E-state index is 1.09. The predicted molar refractivity (Wildman–Crippen MR) is 229 cm³/mol. The molecular weight excluding hydrogens is 653 g/mol. The summed E-state index contributed by atoms with van der Waals surface area (Å²) < 4.78 is 2.47. The van der Waals surface area contributed by atoms with Crippen LogP contribution in [0.15, 0.2) is 218 Å². The Morgan fingerprint density at radius 2 is 0.889 bits per heavy atom. The first-order valence-corrected chi connectivity index (χ1v) is 18.5. The largest absolute Gasteiger partial charge is 0.310 e. The molecule has 1 heterocycles. The molecule has 1 aromatic heterocycles. The van der Waals surface area contributed by atoms with E-state index in [9.17, 15) is 0 Å². The number of hydrogen-bond donors (Lipinski definition) is 0. The molecule has 0 saturated carbocycles. The van der Waals surface area contributed by atoms with E-state index in [1.165, 1.54) is 60.4 Å². The first-order chi connectivity index (χ1) is 26.8. The zero-order valence-corrected chi connectivity index (χ0v) is 29.7. The number of fused-ring (bicyclic) bond motifs is 4. The summed E-state index contributed by atoms with van der Waals surface area (Å²) in [5.74, 6) is 0. The van der Waals surface area contributed by atoms with Gasteiger partial charge in [-0.05, 0) is 81.6 Å². The summed E-state index contributed by atoms with van der Waals surface area (Å²) >= 11 is 0.